The number of nitrogens with zero attached hydrogens (tertiary/aromatic N) is 3. The van der Waals surface area contributed by atoms with Crippen molar-refractivity contribution < 1.29 is 14.3 Å². The van der Waals surface area contributed by atoms with Crippen LogP contribution in [0.1, 0.15) is 29.1 Å². The molecule has 7 nitrogen and oxygen atoms in total. The zero-order valence-electron chi connectivity index (χ0n) is 19.9. The van der Waals surface area contributed by atoms with Gasteiger partial charge in [-0.3, -0.25) is 9.48 Å². The molecule has 172 valence electrons. The highest BCUT2D eigenvalue weighted by Crippen LogP contribution is 2.34. The number of carbonyl (C=O) groups is 1. The van der Waals surface area contributed by atoms with Crippen LogP contribution >= 0.6 is 0 Å². The van der Waals surface area contributed by atoms with Gasteiger partial charge in [0.25, 0.3) is 5.91 Å². The summed E-state index contributed by atoms with van der Waals surface area (Å²) in [5.41, 5.74) is 3.22. The molecule has 0 fully saturated rings. The number of amides is 1. The highest BCUT2D eigenvalue weighted by atomic mass is 28.3. The van der Waals surface area contributed by atoms with Crippen LogP contribution in [0, 0.1) is 0 Å². The van der Waals surface area contributed by atoms with E-state index >= 15 is 0 Å². The topological polar surface area (TPSA) is 70.3 Å². The van der Waals surface area contributed by atoms with Crippen LogP contribution in [0.2, 0.25) is 25.7 Å². The normalized spacial score (nSPS) is 12.6. The fraction of sp³-hybridized carbons (Fsp3) is 0.417. The van der Waals surface area contributed by atoms with Gasteiger partial charge in [-0.25, -0.2) is 0 Å². The van der Waals surface area contributed by atoms with Gasteiger partial charge < -0.3 is 19.4 Å². The zero-order chi connectivity index (χ0) is 23.3. The van der Waals surface area contributed by atoms with Gasteiger partial charge in [0.05, 0.1) is 11.9 Å². The lowest BCUT2D eigenvalue weighted by Gasteiger charge is -2.18. The average Bonchev–Trinajstić information content (AvgIpc) is 3.34. The summed E-state index contributed by atoms with van der Waals surface area (Å²) in [6.07, 6.45) is 3.49. The predicted octanol–water partition coefficient (Wildman–Crippen LogP) is 4.70. The number of hydrogen-bond donors (Lipinski definition) is 1. The lowest BCUT2D eigenvalue weighted by atomic mass is 10.1. The SMILES string of the molecule is CNC(=O)c1c(O[C@@H](C)c2ccccc2)cc(-c2cnn(C)c2)n1COCC[Si](C)(C)C. The maximum Gasteiger partial charge on any atom is 0.271 e. The molecular weight excluding hydrogens is 420 g/mol. The van der Waals surface area contributed by atoms with Gasteiger partial charge in [-0.1, -0.05) is 50.0 Å². The third-order valence-corrected chi connectivity index (χ3v) is 7.00. The quantitative estimate of drug-likeness (QED) is 0.356. The minimum atomic E-state index is -1.22. The van der Waals surface area contributed by atoms with Crippen molar-refractivity contribution in [3.05, 3.63) is 60.0 Å². The van der Waals surface area contributed by atoms with Crippen molar-refractivity contribution in [2.75, 3.05) is 13.7 Å². The first-order chi connectivity index (χ1) is 15.2. The van der Waals surface area contributed by atoms with Gasteiger partial charge in [-0.05, 0) is 18.5 Å². The summed E-state index contributed by atoms with van der Waals surface area (Å²) in [6, 6.07) is 12.9. The van der Waals surface area contributed by atoms with E-state index in [1.807, 2.05) is 61.1 Å². The molecule has 0 spiro atoms. The van der Waals surface area contributed by atoms with E-state index in [0.29, 0.717) is 18.1 Å². The maximum atomic E-state index is 12.9. The Kier molecular flexibility index (Phi) is 7.58. The van der Waals surface area contributed by atoms with Gasteiger partial charge in [0, 0.05) is 46.6 Å². The highest BCUT2D eigenvalue weighted by Gasteiger charge is 2.25. The number of rotatable bonds is 10. The number of hydrogen-bond acceptors (Lipinski definition) is 4. The first-order valence-electron chi connectivity index (χ1n) is 10.9. The van der Waals surface area contributed by atoms with Crippen LogP contribution in [0.15, 0.2) is 48.8 Å². The van der Waals surface area contributed by atoms with Gasteiger partial charge in [0.15, 0.2) is 11.4 Å². The second-order valence-corrected chi connectivity index (χ2v) is 14.8. The fourth-order valence-corrected chi connectivity index (χ4v) is 4.17. The monoisotopic (exact) mass is 454 g/mol. The Morgan fingerprint density at radius 1 is 1.22 bits per heavy atom. The molecular formula is C24H34N4O3Si. The van der Waals surface area contributed by atoms with E-state index in [4.69, 9.17) is 9.47 Å². The van der Waals surface area contributed by atoms with Crippen molar-refractivity contribution in [2.45, 2.75) is 45.4 Å². The molecule has 1 amide bonds. The average molecular weight is 455 g/mol. The first-order valence-corrected chi connectivity index (χ1v) is 14.6. The van der Waals surface area contributed by atoms with Crippen LogP contribution in [-0.2, 0) is 18.5 Å². The number of benzene rings is 1. The van der Waals surface area contributed by atoms with Crippen molar-refractivity contribution in [3.8, 4) is 17.0 Å². The summed E-state index contributed by atoms with van der Waals surface area (Å²) in [5, 5.41) is 7.05. The first kappa shape index (κ1) is 23.8. The predicted molar refractivity (Wildman–Crippen MR) is 130 cm³/mol. The zero-order valence-corrected chi connectivity index (χ0v) is 20.9. The molecule has 2 aromatic heterocycles. The van der Waals surface area contributed by atoms with E-state index in [1.165, 1.54) is 0 Å². The third-order valence-electron chi connectivity index (χ3n) is 5.29. The van der Waals surface area contributed by atoms with Gasteiger partial charge in [-0.2, -0.15) is 5.10 Å². The molecule has 0 saturated carbocycles. The Bertz CT molecular complexity index is 1040. The standard InChI is InChI=1S/C24H34N4O3Si/c1-18(19-10-8-7-9-11-19)31-22-14-21(20-15-26-27(3)16-20)28(23(22)24(29)25-2)17-30-12-13-32(4,5)6/h7-11,14-16,18H,12-13,17H2,1-6H3,(H,25,29)/t18-/m0/s1. The summed E-state index contributed by atoms with van der Waals surface area (Å²) in [4.78, 5) is 12.9. The number of aromatic nitrogens is 3. The Morgan fingerprint density at radius 2 is 1.94 bits per heavy atom. The molecule has 0 bridgehead atoms. The van der Waals surface area contributed by atoms with Crippen molar-refractivity contribution in [2.24, 2.45) is 7.05 Å². The Labute approximate surface area is 191 Å². The molecule has 8 heteroatoms. The van der Waals surface area contributed by atoms with Gasteiger partial charge in [0.1, 0.15) is 12.8 Å². The molecule has 0 aliphatic rings. The lowest BCUT2D eigenvalue weighted by Crippen LogP contribution is -2.25. The van der Waals surface area contributed by atoms with Crippen molar-refractivity contribution in [1.82, 2.24) is 19.7 Å². The Balaban J connectivity index is 1.98. The molecule has 0 aliphatic carbocycles. The van der Waals surface area contributed by atoms with E-state index in [-0.39, 0.29) is 18.7 Å². The number of aryl methyl sites for hydroxylation is 1. The van der Waals surface area contributed by atoms with Crippen LogP contribution in [0.3, 0.4) is 0 Å². The maximum absolute atomic E-state index is 12.9. The molecule has 1 N–H and O–H groups in total. The summed E-state index contributed by atoms with van der Waals surface area (Å²) < 4.78 is 16.0. The van der Waals surface area contributed by atoms with Crippen molar-refractivity contribution in [1.29, 1.82) is 0 Å². The van der Waals surface area contributed by atoms with Crippen LogP contribution in [0.5, 0.6) is 5.75 Å². The van der Waals surface area contributed by atoms with E-state index in [0.717, 1.165) is 22.9 Å². The van der Waals surface area contributed by atoms with Crippen LogP contribution in [-0.4, -0.2) is 42.0 Å². The minimum Gasteiger partial charge on any atom is -0.484 e. The molecule has 3 aromatic rings. The summed E-state index contributed by atoms with van der Waals surface area (Å²) in [6.45, 7) is 9.86. The molecule has 0 aliphatic heterocycles. The second kappa shape index (κ2) is 10.2. The molecule has 1 atom stereocenters. The van der Waals surface area contributed by atoms with Crippen LogP contribution in [0.4, 0.5) is 0 Å². The third kappa shape index (κ3) is 5.89. The highest BCUT2D eigenvalue weighted by molar-refractivity contribution is 6.76. The summed E-state index contributed by atoms with van der Waals surface area (Å²) >= 11 is 0. The summed E-state index contributed by atoms with van der Waals surface area (Å²) in [5.74, 6) is 0.303. The van der Waals surface area contributed by atoms with E-state index in [9.17, 15) is 4.79 Å². The van der Waals surface area contributed by atoms with Gasteiger partial charge in [0.2, 0.25) is 0 Å². The molecule has 0 saturated heterocycles. The Hall–Kier alpha value is -2.84. The van der Waals surface area contributed by atoms with E-state index in [2.05, 4.69) is 30.1 Å². The van der Waals surface area contributed by atoms with Crippen LogP contribution in [0.25, 0.3) is 11.3 Å². The molecule has 3 rings (SSSR count). The van der Waals surface area contributed by atoms with Crippen molar-refractivity contribution >= 4 is 14.0 Å². The molecule has 32 heavy (non-hydrogen) atoms. The number of carbonyl (C=O) groups excluding carboxylic acids is 1. The van der Waals surface area contributed by atoms with Crippen molar-refractivity contribution in [3.63, 3.8) is 0 Å². The summed E-state index contributed by atoms with van der Waals surface area (Å²) in [7, 11) is 2.28. The Morgan fingerprint density at radius 3 is 2.53 bits per heavy atom. The molecule has 0 radical (unpaired) electrons. The van der Waals surface area contributed by atoms with E-state index < -0.39 is 8.07 Å². The number of nitrogens with one attached hydrogen (secondary N) is 1. The fourth-order valence-electron chi connectivity index (χ4n) is 3.41. The molecule has 1 aromatic carbocycles. The lowest BCUT2D eigenvalue weighted by molar-refractivity contribution is 0.0792. The smallest absolute Gasteiger partial charge is 0.271 e. The minimum absolute atomic E-state index is 0.218. The van der Waals surface area contributed by atoms with E-state index in [1.54, 1.807) is 17.9 Å². The van der Waals surface area contributed by atoms with Gasteiger partial charge in [-0.15, -0.1) is 0 Å². The largest absolute Gasteiger partial charge is 0.484 e. The van der Waals surface area contributed by atoms with Gasteiger partial charge >= 0.3 is 0 Å². The second-order valence-electron chi connectivity index (χ2n) is 9.17. The van der Waals surface area contributed by atoms with Crippen LogP contribution < -0.4 is 10.1 Å². The number of ether oxygens (including phenoxy) is 2. The molecule has 2 heterocycles. The molecule has 0 unspecified atom stereocenters.